The predicted molar refractivity (Wildman–Crippen MR) is 104 cm³/mol. The van der Waals surface area contributed by atoms with Crippen LogP contribution in [0.2, 0.25) is 0 Å². The second kappa shape index (κ2) is 9.39. The van der Waals surface area contributed by atoms with Gasteiger partial charge in [-0.25, -0.2) is 0 Å². The van der Waals surface area contributed by atoms with Crippen LogP contribution in [0.25, 0.3) is 0 Å². The van der Waals surface area contributed by atoms with Gasteiger partial charge in [0.05, 0.1) is 6.61 Å². The van der Waals surface area contributed by atoms with Crippen molar-refractivity contribution in [3.63, 3.8) is 0 Å². The number of rotatable bonds is 7. The zero-order valence-electron chi connectivity index (χ0n) is 15.6. The van der Waals surface area contributed by atoms with Gasteiger partial charge in [-0.05, 0) is 36.6 Å². The van der Waals surface area contributed by atoms with Crippen molar-refractivity contribution in [1.29, 1.82) is 0 Å². The average molecular weight is 352 g/mol. The lowest BCUT2D eigenvalue weighted by Gasteiger charge is -2.34. The molecule has 3 rings (SSSR count). The number of piperazine rings is 1. The van der Waals surface area contributed by atoms with Crippen LogP contribution in [0, 0.1) is 0 Å². The molecule has 0 spiro atoms. The average Bonchev–Trinajstić information content (AvgIpc) is 2.69. The number of hydrogen-bond acceptors (Lipinski definition) is 3. The maximum absolute atomic E-state index is 12.5. The summed E-state index contributed by atoms with van der Waals surface area (Å²) in [4.78, 5) is 16.9. The van der Waals surface area contributed by atoms with E-state index in [1.807, 2.05) is 30.0 Å². The number of amides is 1. The molecule has 1 saturated heterocycles. The van der Waals surface area contributed by atoms with Crippen molar-refractivity contribution in [1.82, 2.24) is 9.80 Å². The van der Waals surface area contributed by atoms with Gasteiger partial charge in [-0.2, -0.15) is 0 Å². The normalized spacial score (nSPS) is 15.0. The molecule has 0 atom stereocenters. The molecule has 26 heavy (non-hydrogen) atoms. The monoisotopic (exact) mass is 352 g/mol. The lowest BCUT2D eigenvalue weighted by Crippen LogP contribution is -2.48. The number of benzene rings is 2. The number of carbonyl (C=O) groups is 1. The third-order valence-electron chi connectivity index (χ3n) is 4.84. The summed E-state index contributed by atoms with van der Waals surface area (Å²) in [5, 5.41) is 0. The SMILES string of the molecule is CCOc1ccc(CCC(=O)N2CCN(Cc3ccccc3)CC2)cc1. The minimum atomic E-state index is 0.262. The van der Waals surface area contributed by atoms with Gasteiger partial charge in [0.15, 0.2) is 0 Å². The number of carbonyl (C=O) groups excluding carboxylic acids is 1. The van der Waals surface area contributed by atoms with Crippen molar-refractivity contribution in [3.05, 3.63) is 65.7 Å². The second-order valence-electron chi connectivity index (χ2n) is 6.72. The molecule has 0 saturated carbocycles. The Morgan fingerprint density at radius 1 is 0.923 bits per heavy atom. The first kappa shape index (κ1) is 18.5. The molecular weight excluding hydrogens is 324 g/mol. The van der Waals surface area contributed by atoms with Gasteiger partial charge in [-0.15, -0.1) is 0 Å². The highest BCUT2D eigenvalue weighted by Crippen LogP contribution is 2.14. The summed E-state index contributed by atoms with van der Waals surface area (Å²) < 4.78 is 5.45. The van der Waals surface area contributed by atoms with E-state index >= 15 is 0 Å². The van der Waals surface area contributed by atoms with Gasteiger partial charge in [0.25, 0.3) is 0 Å². The summed E-state index contributed by atoms with van der Waals surface area (Å²) in [5.74, 6) is 1.15. The number of hydrogen-bond donors (Lipinski definition) is 0. The molecule has 0 aliphatic carbocycles. The maximum atomic E-state index is 12.5. The summed E-state index contributed by atoms with van der Waals surface area (Å²) in [6.45, 7) is 7.17. The summed E-state index contributed by atoms with van der Waals surface area (Å²) >= 11 is 0. The van der Waals surface area contributed by atoms with E-state index in [1.54, 1.807) is 0 Å². The molecule has 4 heteroatoms. The Hall–Kier alpha value is -2.33. The molecule has 1 aliphatic rings. The molecule has 1 heterocycles. The number of ether oxygens (including phenoxy) is 1. The van der Waals surface area contributed by atoms with Crippen molar-refractivity contribution in [3.8, 4) is 5.75 Å². The molecule has 2 aromatic rings. The van der Waals surface area contributed by atoms with E-state index < -0.39 is 0 Å². The molecule has 1 fully saturated rings. The van der Waals surface area contributed by atoms with E-state index in [2.05, 4.69) is 41.3 Å². The molecule has 0 bridgehead atoms. The summed E-state index contributed by atoms with van der Waals surface area (Å²) in [6.07, 6.45) is 1.36. The van der Waals surface area contributed by atoms with Crippen LogP contribution in [0.1, 0.15) is 24.5 Å². The highest BCUT2D eigenvalue weighted by molar-refractivity contribution is 5.76. The minimum Gasteiger partial charge on any atom is -0.494 e. The highest BCUT2D eigenvalue weighted by Gasteiger charge is 2.20. The van der Waals surface area contributed by atoms with Crippen LogP contribution in [0.4, 0.5) is 0 Å². The Morgan fingerprint density at radius 3 is 2.27 bits per heavy atom. The topological polar surface area (TPSA) is 32.8 Å². The molecule has 138 valence electrons. The fraction of sp³-hybridized carbons (Fsp3) is 0.409. The Labute approximate surface area is 156 Å². The molecule has 0 N–H and O–H groups in total. The zero-order chi connectivity index (χ0) is 18.2. The van der Waals surface area contributed by atoms with E-state index in [0.717, 1.165) is 44.9 Å². The van der Waals surface area contributed by atoms with Gasteiger partial charge in [0, 0.05) is 39.1 Å². The Morgan fingerprint density at radius 2 is 1.62 bits per heavy atom. The van der Waals surface area contributed by atoms with Crippen LogP contribution < -0.4 is 4.74 Å². The number of nitrogens with zero attached hydrogens (tertiary/aromatic N) is 2. The van der Waals surface area contributed by atoms with Crippen molar-refractivity contribution in [2.75, 3.05) is 32.8 Å². The Balaban J connectivity index is 1.40. The van der Waals surface area contributed by atoms with Crippen molar-refractivity contribution in [2.24, 2.45) is 0 Å². The van der Waals surface area contributed by atoms with Gasteiger partial charge in [-0.1, -0.05) is 42.5 Å². The minimum absolute atomic E-state index is 0.262. The molecular formula is C22H28N2O2. The first-order valence-electron chi connectivity index (χ1n) is 9.50. The van der Waals surface area contributed by atoms with E-state index in [9.17, 15) is 4.79 Å². The van der Waals surface area contributed by atoms with Gasteiger partial charge < -0.3 is 9.64 Å². The van der Waals surface area contributed by atoms with Gasteiger partial charge in [-0.3, -0.25) is 9.69 Å². The molecule has 0 unspecified atom stereocenters. The molecule has 1 aliphatic heterocycles. The third kappa shape index (κ3) is 5.33. The fourth-order valence-corrected chi connectivity index (χ4v) is 3.33. The first-order valence-corrected chi connectivity index (χ1v) is 9.50. The molecule has 0 aromatic heterocycles. The summed E-state index contributed by atoms with van der Waals surface area (Å²) in [7, 11) is 0. The van der Waals surface area contributed by atoms with Crippen molar-refractivity contribution in [2.45, 2.75) is 26.3 Å². The van der Waals surface area contributed by atoms with Gasteiger partial charge in [0.2, 0.25) is 5.91 Å². The third-order valence-corrected chi connectivity index (χ3v) is 4.84. The quantitative estimate of drug-likeness (QED) is 0.766. The lowest BCUT2D eigenvalue weighted by molar-refractivity contribution is -0.133. The van der Waals surface area contributed by atoms with E-state index in [0.29, 0.717) is 13.0 Å². The van der Waals surface area contributed by atoms with Crippen molar-refractivity contribution >= 4 is 5.91 Å². The molecule has 4 nitrogen and oxygen atoms in total. The van der Waals surface area contributed by atoms with Gasteiger partial charge in [0.1, 0.15) is 5.75 Å². The molecule has 0 radical (unpaired) electrons. The van der Waals surface area contributed by atoms with Gasteiger partial charge >= 0.3 is 0 Å². The molecule has 2 aromatic carbocycles. The smallest absolute Gasteiger partial charge is 0.222 e. The van der Waals surface area contributed by atoms with E-state index in [4.69, 9.17) is 4.74 Å². The fourth-order valence-electron chi connectivity index (χ4n) is 3.33. The van der Waals surface area contributed by atoms with Crippen LogP contribution in [0.5, 0.6) is 5.75 Å². The zero-order valence-corrected chi connectivity index (χ0v) is 15.6. The first-order chi connectivity index (χ1) is 12.7. The largest absolute Gasteiger partial charge is 0.494 e. The lowest BCUT2D eigenvalue weighted by atomic mass is 10.1. The Kier molecular flexibility index (Phi) is 6.67. The van der Waals surface area contributed by atoms with Crippen LogP contribution in [-0.2, 0) is 17.8 Å². The van der Waals surface area contributed by atoms with Crippen LogP contribution in [-0.4, -0.2) is 48.5 Å². The standard InChI is InChI=1S/C22H28N2O2/c1-2-26-21-11-8-19(9-12-21)10-13-22(25)24-16-14-23(15-17-24)18-20-6-4-3-5-7-20/h3-9,11-12H,2,10,13-18H2,1H3. The molecule has 1 amide bonds. The van der Waals surface area contributed by atoms with Crippen LogP contribution >= 0.6 is 0 Å². The van der Waals surface area contributed by atoms with E-state index in [1.165, 1.54) is 11.1 Å². The summed E-state index contributed by atoms with van der Waals surface area (Å²) in [6, 6.07) is 18.6. The van der Waals surface area contributed by atoms with Crippen molar-refractivity contribution < 1.29 is 9.53 Å². The second-order valence-corrected chi connectivity index (χ2v) is 6.72. The predicted octanol–water partition coefficient (Wildman–Crippen LogP) is 3.36. The maximum Gasteiger partial charge on any atom is 0.222 e. The van der Waals surface area contributed by atoms with E-state index in [-0.39, 0.29) is 5.91 Å². The summed E-state index contributed by atoms with van der Waals surface area (Å²) in [5.41, 5.74) is 2.52. The number of aryl methyl sites for hydroxylation is 1. The van der Waals surface area contributed by atoms with Crippen LogP contribution in [0.3, 0.4) is 0 Å². The highest BCUT2D eigenvalue weighted by atomic mass is 16.5. The van der Waals surface area contributed by atoms with Crippen LogP contribution in [0.15, 0.2) is 54.6 Å². The Bertz CT molecular complexity index is 677.